The van der Waals surface area contributed by atoms with E-state index in [9.17, 15) is 9.59 Å². The fraction of sp³-hybridized carbons (Fsp3) is 0.375. The van der Waals surface area contributed by atoms with Crippen molar-refractivity contribution in [2.24, 2.45) is 0 Å². The van der Waals surface area contributed by atoms with Gasteiger partial charge in [-0.05, 0) is 18.6 Å². The van der Waals surface area contributed by atoms with Crippen LogP contribution in [0.1, 0.15) is 18.5 Å². The van der Waals surface area contributed by atoms with Crippen molar-refractivity contribution in [1.29, 1.82) is 0 Å². The van der Waals surface area contributed by atoms with Gasteiger partial charge < -0.3 is 19.7 Å². The lowest BCUT2D eigenvalue weighted by Crippen LogP contribution is -2.46. The maximum atomic E-state index is 12.5. The normalized spacial score (nSPS) is 18.0. The number of ether oxygens (including phenoxy) is 2. The van der Waals surface area contributed by atoms with E-state index in [1.54, 1.807) is 38.2 Å². The van der Waals surface area contributed by atoms with E-state index in [2.05, 4.69) is 5.32 Å². The molecule has 1 aliphatic rings. The highest BCUT2D eigenvalue weighted by Crippen LogP contribution is 2.34. The summed E-state index contributed by atoms with van der Waals surface area (Å²) >= 11 is 6.23. The molecule has 1 heterocycles. The Kier molecular flexibility index (Phi) is 5.63. The molecule has 0 bridgehead atoms. The number of esters is 1. The molecule has 6 nitrogen and oxygen atoms in total. The molecule has 2 amide bonds. The second-order valence-electron chi connectivity index (χ2n) is 5.09. The Hall–Kier alpha value is -2.05. The summed E-state index contributed by atoms with van der Waals surface area (Å²) in [5, 5.41) is 3.26. The quantitative estimate of drug-likeness (QED) is 0.661. The highest BCUT2D eigenvalue weighted by atomic mass is 35.5. The van der Waals surface area contributed by atoms with Crippen molar-refractivity contribution in [3.05, 3.63) is 46.1 Å². The van der Waals surface area contributed by atoms with Crippen molar-refractivity contribution in [3.8, 4) is 0 Å². The number of halogens is 1. The number of carbonyl (C=O) groups is 2. The number of hydrogen-bond donors (Lipinski definition) is 1. The van der Waals surface area contributed by atoms with Crippen molar-refractivity contribution in [1.82, 2.24) is 10.2 Å². The van der Waals surface area contributed by atoms with Crippen molar-refractivity contribution in [2.45, 2.75) is 13.0 Å². The number of methoxy groups -OCH3 is 1. The molecule has 7 heteroatoms. The fourth-order valence-electron chi connectivity index (χ4n) is 2.34. The van der Waals surface area contributed by atoms with E-state index in [4.69, 9.17) is 21.1 Å². The lowest BCUT2D eigenvalue weighted by molar-refractivity contribution is -0.140. The lowest BCUT2D eigenvalue weighted by atomic mass is 9.95. The number of allylic oxidation sites excluding steroid dienone is 1. The molecule has 1 aliphatic heterocycles. The summed E-state index contributed by atoms with van der Waals surface area (Å²) < 4.78 is 10.1. The van der Waals surface area contributed by atoms with E-state index < -0.39 is 12.0 Å². The van der Waals surface area contributed by atoms with Crippen molar-refractivity contribution >= 4 is 23.6 Å². The van der Waals surface area contributed by atoms with Gasteiger partial charge in [0.15, 0.2) is 0 Å². The Morgan fingerprint density at radius 2 is 2.04 bits per heavy atom. The Morgan fingerprint density at radius 1 is 1.35 bits per heavy atom. The van der Waals surface area contributed by atoms with Gasteiger partial charge >= 0.3 is 12.0 Å². The van der Waals surface area contributed by atoms with Gasteiger partial charge in [0, 0.05) is 24.9 Å². The summed E-state index contributed by atoms with van der Waals surface area (Å²) in [7, 11) is 3.12. The molecule has 1 aromatic carbocycles. The van der Waals surface area contributed by atoms with E-state index in [0.717, 1.165) is 0 Å². The van der Waals surface area contributed by atoms with Crippen LogP contribution in [0.5, 0.6) is 0 Å². The minimum absolute atomic E-state index is 0.138. The smallest absolute Gasteiger partial charge is 0.338 e. The first-order valence-electron chi connectivity index (χ1n) is 7.12. The Morgan fingerprint density at radius 3 is 2.70 bits per heavy atom. The molecular weight excluding hydrogens is 320 g/mol. The van der Waals surface area contributed by atoms with Crippen LogP contribution < -0.4 is 5.32 Å². The zero-order valence-corrected chi connectivity index (χ0v) is 14.0. The number of nitrogens with zero attached hydrogens (tertiary/aromatic N) is 1. The highest BCUT2D eigenvalue weighted by Gasteiger charge is 2.35. The molecule has 0 aromatic heterocycles. The average molecular weight is 339 g/mol. The summed E-state index contributed by atoms with van der Waals surface area (Å²) in [4.78, 5) is 25.9. The molecule has 124 valence electrons. The minimum Gasteiger partial charge on any atom is -0.460 e. The molecule has 0 saturated carbocycles. The first-order valence-corrected chi connectivity index (χ1v) is 7.50. The predicted molar refractivity (Wildman–Crippen MR) is 86.0 cm³/mol. The molecule has 1 atom stereocenters. The molecule has 0 saturated heterocycles. The summed E-state index contributed by atoms with van der Waals surface area (Å²) in [6.45, 7) is 2.14. The van der Waals surface area contributed by atoms with E-state index >= 15 is 0 Å². The fourth-order valence-corrected chi connectivity index (χ4v) is 2.58. The van der Waals surface area contributed by atoms with Gasteiger partial charge in [0.25, 0.3) is 0 Å². The van der Waals surface area contributed by atoms with Crippen LogP contribution in [0.4, 0.5) is 4.79 Å². The maximum Gasteiger partial charge on any atom is 0.338 e. The predicted octanol–water partition coefficient (Wildman–Crippen LogP) is 2.50. The summed E-state index contributed by atoms with van der Waals surface area (Å²) in [5.74, 6) is -0.503. The molecule has 0 aliphatic carbocycles. The number of hydrogen-bond acceptors (Lipinski definition) is 4. The van der Waals surface area contributed by atoms with E-state index in [0.29, 0.717) is 28.5 Å². The second-order valence-corrected chi connectivity index (χ2v) is 5.50. The maximum absolute atomic E-state index is 12.5. The number of benzene rings is 1. The first-order chi connectivity index (χ1) is 11.0. The van der Waals surface area contributed by atoms with Crippen LogP contribution in [0.2, 0.25) is 5.02 Å². The Bertz CT molecular complexity index is 645. The third kappa shape index (κ3) is 3.65. The molecule has 1 aromatic rings. The zero-order chi connectivity index (χ0) is 17.0. The van der Waals surface area contributed by atoms with Gasteiger partial charge in [0.05, 0.1) is 18.2 Å². The van der Waals surface area contributed by atoms with Crippen molar-refractivity contribution < 1.29 is 19.1 Å². The van der Waals surface area contributed by atoms with Crippen LogP contribution >= 0.6 is 11.6 Å². The topological polar surface area (TPSA) is 67.9 Å². The molecule has 0 fully saturated rings. The van der Waals surface area contributed by atoms with Gasteiger partial charge in [-0.2, -0.15) is 0 Å². The lowest BCUT2D eigenvalue weighted by Gasteiger charge is -2.33. The van der Waals surface area contributed by atoms with Crippen LogP contribution in [-0.2, 0) is 14.3 Å². The Balaban J connectivity index is 2.40. The van der Waals surface area contributed by atoms with Crippen molar-refractivity contribution in [3.63, 3.8) is 0 Å². The third-order valence-corrected chi connectivity index (χ3v) is 4.05. The highest BCUT2D eigenvalue weighted by molar-refractivity contribution is 6.31. The summed E-state index contributed by atoms with van der Waals surface area (Å²) in [6, 6.07) is 6.12. The molecule has 0 unspecified atom stereocenters. The minimum atomic E-state index is -0.651. The third-order valence-electron chi connectivity index (χ3n) is 3.71. The molecular formula is C16H19ClN2O4. The zero-order valence-electron chi connectivity index (χ0n) is 13.3. The van der Waals surface area contributed by atoms with Crippen LogP contribution in [-0.4, -0.2) is 44.3 Å². The number of rotatable bonds is 5. The molecule has 2 rings (SSSR count). The van der Waals surface area contributed by atoms with Gasteiger partial charge in [-0.1, -0.05) is 29.8 Å². The van der Waals surface area contributed by atoms with Crippen LogP contribution in [0, 0.1) is 0 Å². The second kappa shape index (κ2) is 7.48. The summed E-state index contributed by atoms with van der Waals surface area (Å²) in [5.41, 5.74) is 1.53. The van der Waals surface area contributed by atoms with Gasteiger partial charge in [0.2, 0.25) is 0 Å². The SMILES string of the molecule is COCCOC(=O)C1=C(C)N(C)C(=O)N[C@@H]1c1ccccc1Cl. The van der Waals surface area contributed by atoms with Crippen molar-refractivity contribution in [2.75, 3.05) is 27.4 Å². The molecule has 1 N–H and O–H groups in total. The number of amides is 2. The van der Waals surface area contributed by atoms with Gasteiger partial charge in [0.1, 0.15) is 6.61 Å². The monoisotopic (exact) mass is 338 g/mol. The summed E-state index contributed by atoms with van der Waals surface area (Å²) in [6.07, 6.45) is 0. The molecule has 0 radical (unpaired) electrons. The average Bonchev–Trinajstić information content (AvgIpc) is 2.53. The van der Waals surface area contributed by atoms with Crippen LogP contribution in [0.3, 0.4) is 0 Å². The Labute approximate surface area is 140 Å². The number of urea groups is 1. The molecule has 0 spiro atoms. The largest absolute Gasteiger partial charge is 0.460 e. The van der Waals surface area contributed by atoms with E-state index in [1.165, 1.54) is 12.0 Å². The van der Waals surface area contributed by atoms with E-state index in [-0.39, 0.29) is 12.6 Å². The number of carbonyl (C=O) groups excluding carboxylic acids is 2. The molecule has 23 heavy (non-hydrogen) atoms. The number of nitrogens with one attached hydrogen (secondary N) is 1. The first kappa shape index (κ1) is 17.3. The van der Waals surface area contributed by atoms with Gasteiger partial charge in [-0.15, -0.1) is 0 Å². The van der Waals surface area contributed by atoms with Crippen LogP contribution in [0.15, 0.2) is 35.5 Å². The standard InChI is InChI=1S/C16H19ClN2O4/c1-10-13(15(20)23-9-8-22-3)14(18-16(21)19(10)2)11-6-4-5-7-12(11)17/h4-7,14H,8-9H2,1-3H3,(H,18,21)/t14-/m1/s1. The van der Waals surface area contributed by atoms with Crippen LogP contribution in [0.25, 0.3) is 0 Å². The van der Waals surface area contributed by atoms with Gasteiger partial charge in [-0.25, -0.2) is 9.59 Å². The van der Waals surface area contributed by atoms with E-state index in [1.807, 2.05) is 0 Å². The van der Waals surface area contributed by atoms with Gasteiger partial charge in [-0.3, -0.25) is 0 Å².